The fourth-order valence-electron chi connectivity index (χ4n) is 1.86. The van der Waals surface area contributed by atoms with E-state index in [1.54, 1.807) is 11.3 Å². The Labute approximate surface area is 118 Å². The van der Waals surface area contributed by atoms with Crippen LogP contribution in [-0.2, 0) is 19.4 Å². The van der Waals surface area contributed by atoms with Crippen LogP contribution in [0.2, 0.25) is 0 Å². The summed E-state index contributed by atoms with van der Waals surface area (Å²) in [6.45, 7) is 8.08. The van der Waals surface area contributed by atoms with E-state index in [-0.39, 0.29) is 0 Å². The van der Waals surface area contributed by atoms with E-state index in [9.17, 15) is 0 Å². The molecule has 0 spiro atoms. The van der Waals surface area contributed by atoms with Crippen LogP contribution in [0.25, 0.3) is 0 Å². The largest absolute Gasteiger partial charge is 0.360 e. The van der Waals surface area contributed by atoms with Gasteiger partial charge in [-0.1, -0.05) is 32.1 Å². The van der Waals surface area contributed by atoms with E-state index in [1.165, 1.54) is 5.69 Å². The highest BCUT2D eigenvalue weighted by Gasteiger charge is 2.09. The minimum Gasteiger partial charge on any atom is -0.360 e. The van der Waals surface area contributed by atoms with Crippen LogP contribution in [-0.4, -0.2) is 26.5 Å². The van der Waals surface area contributed by atoms with Crippen molar-refractivity contribution >= 4 is 16.5 Å². The van der Waals surface area contributed by atoms with E-state index in [4.69, 9.17) is 0 Å². The maximum atomic E-state index is 4.60. The molecule has 104 valence electrons. The molecule has 0 fully saturated rings. The molecule has 19 heavy (non-hydrogen) atoms. The molecule has 0 aliphatic rings. The molecule has 0 aliphatic heterocycles. The third-order valence-electron chi connectivity index (χ3n) is 2.92. The predicted octanol–water partition coefficient (Wildman–Crippen LogP) is 2.73. The zero-order valence-electron chi connectivity index (χ0n) is 11.8. The molecule has 0 amide bonds. The van der Waals surface area contributed by atoms with Gasteiger partial charge in [0, 0.05) is 12.2 Å². The van der Waals surface area contributed by atoms with Crippen LogP contribution in [0, 0.1) is 0 Å². The highest BCUT2D eigenvalue weighted by molar-refractivity contribution is 7.15. The van der Waals surface area contributed by atoms with Crippen molar-refractivity contribution in [1.82, 2.24) is 20.0 Å². The van der Waals surface area contributed by atoms with Gasteiger partial charge in [0.25, 0.3) is 0 Å². The van der Waals surface area contributed by atoms with Crippen molar-refractivity contribution in [2.75, 3.05) is 11.9 Å². The van der Waals surface area contributed by atoms with Gasteiger partial charge in [0.15, 0.2) is 0 Å². The van der Waals surface area contributed by atoms with Gasteiger partial charge in [0.2, 0.25) is 5.13 Å². The summed E-state index contributed by atoms with van der Waals surface area (Å²) in [5.74, 6) is 0. The molecular weight excluding hydrogens is 258 g/mol. The fourth-order valence-corrected chi connectivity index (χ4v) is 2.61. The molecule has 0 unspecified atom stereocenters. The zero-order valence-corrected chi connectivity index (χ0v) is 12.6. The SMILES string of the molecule is CCCNc1nnc(Cn2nc(CC)cc2CC)s1. The van der Waals surface area contributed by atoms with Crippen LogP contribution >= 0.6 is 11.3 Å². The van der Waals surface area contributed by atoms with E-state index >= 15 is 0 Å². The lowest BCUT2D eigenvalue weighted by Crippen LogP contribution is -2.05. The highest BCUT2D eigenvalue weighted by Crippen LogP contribution is 2.17. The molecule has 0 bridgehead atoms. The molecule has 0 aliphatic carbocycles. The van der Waals surface area contributed by atoms with Gasteiger partial charge in [0.1, 0.15) is 5.01 Å². The van der Waals surface area contributed by atoms with Crippen molar-refractivity contribution in [3.8, 4) is 0 Å². The normalized spacial score (nSPS) is 10.9. The summed E-state index contributed by atoms with van der Waals surface area (Å²) in [5, 5.41) is 18.1. The molecule has 0 aromatic carbocycles. The van der Waals surface area contributed by atoms with Crippen LogP contribution < -0.4 is 5.32 Å². The molecule has 5 nitrogen and oxygen atoms in total. The molecule has 2 aromatic rings. The first-order valence-corrected chi connectivity index (χ1v) is 7.70. The second kappa shape index (κ2) is 6.65. The molecule has 0 saturated carbocycles. The zero-order chi connectivity index (χ0) is 13.7. The lowest BCUT2D eigenvalue weighted by Gasteiger charge is -2.02. The van der Waals surface area contributed by atoms with Crippen molar-refractivity contribution < 1.29 is 0 Å². The number of hydrogen-bond acceptors (Lipinski definition) is 5. The average Bonchev–Trinajstić information content (AvgIpc) is 3.03. The van der Waals surface area contributed by atoms with Crippen molar-refractivity contribution in [2.45, 2.75) is 46.6 Å². The van der Waals surface area contributed by atoms with Gasteiger partial charge in [-0.3, -0.25) is 4.68 Å². The lowest BCUT2D eigenvalue weighted by atomic mass is 10.3. The Kier molecular flexibility index (Phi) is 4.90. The Balaban J connectivity index is 2.07. The first-order chi connectivity index (χ1) is 9.26. The topological polar surface area (TPSA) is 55.6 Å². The maximum absolute atomic E-state index is 4.60. The van der Waals surface area contributed by atoms with E-state index in [0.29, 0.717) is 6.54 Å². The molecule has 2 rings (SSSR count). The summed E-state index contributed by atoms with van der Waals surface area (Å²) in [4.78, 5) is 0. The Hall–Kier alpha value is -1.43. The van der Waals surface area contributed by atoms with Gasteiger partial charge in [-0.2, -0.15) is 5.10 Å². The maximum Gasteiger partial charge on any atom is 0.205 e. The Morgan fingerprint density at radius 3 is 2.74 bits per heavy atom. The summed E-state index contributed by atoms with van der Waals surface area (Å²) in [6.07, 6.45) is 3.06. The van der Waals surface area contributed by atoms with Gasteiger partial charge in [-0.05, 0) is 25.3 Å². The number of nitrogens with one attached hydrogen (secondary N) is 1. The van der Waals surface area contributed by atoms with Gasteiger partial charge in [-0.25, -0.2) is 0 Å². The van der Waals surface area contributed by atoms with E-state index in [2.05, 4.69) is 47.5 Å². The second-order valence-electron chi connectivity index (χ2n) is 4.42. The van der Waals surface area contributed by atoms with Crippen molar-refractivity contribution in [3.63, 3.8) is 0 Å². The number of anilines is 1. The summed E-state index contributed by atoms with van der Waals surface area (Å²) in [6, 6.07) is 2.18. The molecular formula is C13H21N5S. The molecule has 2 heterocycles. The van der Waals surface area contributed by atoms with E-state index in [1.807, 2.05) is 4.68 Å². The first-order valence-electron chi connectivity index (χ1n) is 6.88. The monoisotopic (exact) mass is 279 g/mol. The number of aryl methyl sites for hydroxylation is 2. The number of nitrogens with zero attached hydrogens (tertiary/aromatic N) is 4. The van der Waals surface area contributed by atoms with E-state index in [0.717, 1.165) is 41.6 Å². The molecule has 1 N–H and O–H groups in total. The van der Waals surface area contributed by atoms with Gasteiger partial charge < -0.3 is 5.32 Å². The summed E-state index contributed by atoms with van der Waals surface area (Å²) in [5.41, 5.74) is 2.40. The fraction of sp³-hybridized carbons (Fsp3) is 0.615. The standard InChI is InChI=1S/C13H21N5S/c1-4-7-14-13-16-15-12(19-13)9-18-11(6-3)8-10(5-2)17-18/h8H,4-7,9H2,1-3H3,(H,14,16). The number of aromatic nitrogens is 4. The summed E-state index contributed by atoms with van der Waals surface area (Å²) < 4.78 is 2.04. The number of rotatable bonds is 7. The van der Waals surface area contributed by atoms with E-state index < -0.39 is 0 Å². The van der Waals surface area contributed by atoms with Crippen LogP contribution in [0.3, 0.4) is 0 Å². The molecule has 0 radical (unpaired) electrons. The second-order valence-corrected chi connectivity index (χ2v) is 5.48. The summed E-state index contributed by atoms with van der Waals surface area (Å²) in [7, 11) is 0. The number of hydrogen-bond donors (Lipinski definition) is 1. The van der Waals surface area contributed by atoms with Crippen LogP contribution in [0.4, 0.5) is 5.13 Å². The quantitative estimate of drug-likeness (QED) is 0.846. The third kappa shape index (κ3) is 3.53. The molecule has 0 atom stereocenters. The minimum absolute atomic E-state index is 0.717. The Morgan fingerprint density at radius 1 is 1.21 bits per heavy atom. The third-order valence-corrected chi connectivity index (χ3v) is 3.78. The van der Waals surface area contributed by atoms with Gasteiger partial charge in [0.05, 0.1) is 12.2 Å². The van der Waals surface area contributed by atoms with Crippen LogP contribution in [0.5, 0.6) is 0 Å². The lowest BCUT2D eigenvalue weighted by molar-refractivity contribution is 0.634. The Bertz CT molecular complexity index is 517. The first kappa shape index (κ1) is 14.0. The smallest absolute Gasteiger partial charge is 0.205 e. The molecule has 0 saturated heterocycles. The van der Waals surface area contributed by atoms with Gasteiger partial charge in [-0.15, -0.1) is 10.2 Å². The average molecular weight is 279 g/mol. The van der Waals surface area contributed by atoms with Crippen LogP contribution in [0.1, 0.15) is 43.6 Å². The molecule has 2 aromatic heterocycles. The summed E-state index contributed by atoms with van der Waals surface area (Å²) >= 11 is 1.61. The minimum atomic E-state index is 0.717. The molecule has 6 heteroatoms. The van der Waals surface area contributed by atoms with Crippen LogP contribution in [0.15, 0.2) is 6.07 Å². The van der Waals surface area contributed by atoms with Crippen molar-refractivity contribution in [1.29, 1.82) is 0 Å². The van der Waals surface area contributed by atoms with Crippen molar-refractivity contribution in [3.05, 3.63) is 22.5 Å². The predicted molar refractivity (Wildman–Crippen MR) is 78.8 cm³/mol. The Morgan fingerprint density at radius 2 is 2.05 bits per heavy atom. The van der Waals surface area contributed by atoms with Crippen molar-refractivity contribution in [2.24, 2.45) is 0 Å². The van der Waals surface area contributed by atoms with Gasteiger partial charge >= 0.3 is 0 Å². The highest BCUT2D eigenvalue weighted by atomic mass is 32.1.